The molecule has 0 fully saturated rings. The van der Waals surface area contributed by atoms with Gasteiger partial charge in [-0.2, -0.15) is 0 Å². The van der Waals surface area contributed by atoms with Gasteiger partial charge < -0.3 is 0 Å². The van der Waals surface area contributed by atoms with Crippen LogP contribution in [0.25, 0.3) is 11.4 Å². The van der Waals surface area contributed by atoms with E-state index < -0.39 is 0 Å². The standard InChI is InChI=1S/C13H14BrN3/c1-3-11-15-12(4-2)17-13(16-11)9-7-5-6-8-10(9)14/h5-8H,3-4H2,1-2H3. The molecule has 0 saturated carbocycles. The van der Waals surface area contributed by atoms with Gasteiger partial charge in [-0.05, 0) is 6.07 Å². The first-order valence-electron chi connectivity index (χ1n) is 5.73. The molecule has 3 nitrogen and oxygen atoms in total. The van der Waals surface area contributed by atoms with E-state index in [1.165, 1.54) is 0 Å². The average Bonchev–Trinajstić information content (AvgIpc) is 2.38. The molecule has 0 radical (unpaired) electrons. The SMILES string of the molecule is CCc1nc(CC)nc(-c2ccccc2Br)n1. The van der Waals surface area contributed by atoms with E-state index in [4.69, 9.17) is 0 Å². The topological polar surface area (TPSA) is 38.7 Å². The van der Waals surface area contributed by atoms with Crippen LogP contribution in [0.2, 0.25) is 0 Å². The largest absolute Gasteiger partial charge is 0.218 e. The van der Waals surface area contributed by atoms with Crippen molar-refractivity contribution in [2.45, 2.75) is 26.7 Å². The van der Waals surface area contributed by atoms with Crippen molar-refractivity contribution < 1.29 is 0 Å². The quantitative estimate of drug-likeness (QED) is 0.870. The van der Waals surface area contributed by atoms with E-state index in [0.717, 1.165) is 40.4 Å². The van der Waals surface area contributed by atoms with Crippen LogP contribution in [0.4, 0.5) is 0 Å². The highest BCUT2D eigenvalue weighted by atomic mass is 79.9. The second kappa shape index (κ2) is 5.36. The van der Waals surface area contributed by atoms with Crippen LogP contribution >= 0.6 is 15.9 Å². The summed E-state index contributed by atoms with van der Waals surface area (Å²) in [4.78, 5) is 13.3. The van der Waals surface area contributed by atoms with Crippen molar-refractivity contribution in [3.8, 4) is 11.4 Å². The van der Waals surface area contributed by atoms with E-state index in [1.807, 2.05) is 24.3 Å². The monoisotopic (exact) mass is 291 g/mol. The van der Waals surface area contributed by atoms with Gasteiger partial charge in [0.25, 0.3) is 0 Å². The molecule has 2 aromatic rings. The van der Waals surface area contributed by atoms with Crippen LogP contribution in [0.5, 0.6) is 0 Å². The summed E-state index contributed by atoms with van der Waals surface area (Å²) < 4.78 is 1.01. The van der Waals surface area contributed by atoms with Crippen LogP contribution < -0.4 is 0 Å². The lowest BCUT2D eigenvalue weighted by Gasteiger charge is -2.06. The minimum absolute atomic E-state index is 0.751. The Morgan fingerprint density at radius 2 is 1.53 bits per heavy atom. The minimum atomic E-state index is 0.751. The van der Waals surface area contributed by atoms with Crippen LogP contribution in [0, 0.1) is 0 Å². The summed E-state index contributed by atoms with van der Waals surface area (Å²) in [5.41, 5.74) is 1.01. The average molecular weight is 292 g/mol. The van der Waals surface area contributed by atoms with Crippen LogP contribution in [0.15, 0.2) is 28.7 Å². The molecule has 88 valence electrons. The number of aryl methyl sites for hydroxylation is 2. The highest BCUT2D eigenvalue weighted by Crippen LogP contribution is 2.25. The number of benzene rings is 1. The third-order valence-electron chi connectivity index (χ3n) is 2.48. The van der Waals surface area contributed by atoms with Crippen molar-refractivity contribution in [2.75, 3.05) is 0 Å². The second-order valence-electron chi connectivity index (χ2n) is 3.68. The third-order valence-corrected chi connectivity index (χ3v) is 3.17. The lowest BCUT2D eigenvalue weighted by atomic mass is 10.2. The van der Waals surface area contributed by atoms with E-state index in [-0.39, 0.29) is 0 Å². The highest BCUT2D eigenvalue weighted by Gasteiger charge is 2.08. The number of hydrogen-bond acceptors (Lipinski definition) is 3. The second-order valence-corrected chi connectivity index (χ2v) is 4.53. The summed E-state index contributed by atoms with van der Waals surface area (Å²) in [5.74, 6) is 2.45. The Labute approximate surface area is 109 Å². The zero-order chi connectivity index (χ0) is 12.3. The van der Waals surface area contributed by atoms with E-state index in [0.29, 0.717) is 0 Å². The molecular formula is C13H14BrN3. The molecule has 0 aliphatic carbocycles. The molecule has 0 spiro atoms. The lowest BCUT2D eigenvalue weighted by Crippen LogP contribution is -2.04. The number of rotatable bonds is 3. The van der Waals surface area contributed by atoms with Gasteiger partial charge in [0.05, 0.1) is 0 Å². The van der Waals surface area contributed by atoms with Crippen molar-refractivity contribution in [1.29, 1.82) is 0 Å². The Morgan fingerprint density at radius 3 is 2.06 bits per heavy atom. The summed E-state index contributed by atoms with van der Waals surface area (Å²) in [6, 6.07) is 7.98. The van der Waals surface area contributed by atoms with Gasteiger partial charge >= 0.3 is 0 Å². The van der Waals surface area contributed by atoms with Gasteiger partial charge in [-0.25, -0.2) is 15.0 Å². The number of nitrogens with zero attached hydrogens (tertiary/aromatic N) is 3. The Kier molecular flexibility index (Phi) is 3.84. The zero-order valence-electron chi connectivity index (χ0n) is 9.94. The van der Waals surface area contributed by atoms with Gasteiger partial charge in [-0.15, -0.1) is 0 Å². The van der Waals surface area contributed by atoms with Gasteiger partial charge in [0.1, 0.15) is 11.6 Å². The molecule has 2 rings (SSSR count). The van der Waals surface area contributed by atoms with Crippen LogP contribution in [0.3, 0.4) is 0 Å². The summed E-state index contributed by atoms with van der Waals surface area (Å²) in [6.07, 6.45) is 1.65. The predicted octanol–water partition coefficient (Wildman–Crippen LogP) is 3.43. The van der Waals surface area contributed by atoms with E-state index >= 15 is 0 Å². The van der Waals surface area contributed by atoms with E-state index in [9.17, 15) is 0 Å². The van der Waals surface area contributed by atoms with Gasteiger partial charge in [-0.3, -0.25) is 0 Å². The maximum atomic E-state index is 4.48. The fourth-order valence-corrected chi connectivity index (χ4v) is 2.01. The molecule has 0 amide bonds. The summed E-state index contributed by atoms with van der Waals surface area (Å²) in [7, 11) is 0. The van der Waals surface area contributed by atoms with Crippen molar-refractivity contribution in [3.63, 3.8) is 0 Å². The maximum absolute atomic E-state index is 4.48. The first-order chi connectivity index (χ1) is 8.24. The molecule has 0 saturated heterocycles. The molecule has 17 heavy (non-hydrogen) atoms. The van der Waals surface area contributed by atoms with Crippen molar-refractivity contribution >= 4 is 15.9 Å². The first-order valence-corrected chi connectivity index (χ1v) is 6.52. The summed E-state index contributed by atoms with van der Waals surface area (Å²) in [6.45, 7) is 4.11. The summed E-state index contributed by atoms with van der Waals surface area (Å²) in [5, 5.41) is 0. The number of aromatic nitrogens is 3. The molecule has 0 bridgehead atoms. The predicted molar refractivity (Wildman–Crippen MR) is 71.7 cm³/mol. The molecule has 0 aliphatic rings. The lowest BCUT2D eigenvalue weighted by molar-refractivity contribution is 0.831. The van der Waals surface area contributed by atoms with Gasteiger partial charge in [0.15, 0.2) is 5.82 Å². The normalized spacial score (nSPS) is 10.5. The smallest absolute Gasteiger partial charge is 0.164 e. The van der Waals surface area contributed by atoms with Gasteiger partial charge in [0.2, 0.25) is 0 Å². The number of hydrogen-bond donors (Lipinski definition) is 0. The van der Waals surface area contributed by atoms with Gasteiger partial charge in [0, 0.05) is 22.9 Å². The third kappa shape index (κ3) is 2.69. The molecule has 0 aliphatic heterocycles. The minimum Gasteiger partial charge on any atom is -0.218 e. The fraction of sp³-hybridized carbons (Fsp3) is 0.308. The molecule has 0 atom stereocenters. The van der Waals surface area contributed by atoms with E-state index in [1.54, 1.807) is 0 Å². The van der Waals surface area contributed by atoms with E-state index in [2.05, 4.69) is 44.7 Å². The number of halogens is 1. The van der Waals surface area contributed by atoms with Crippen molar-refractivity contribution in [1.82, 2.24) is 15.0 Å². The van der Waals surface area contributed by atoms with Crippen LogP contribution in [0.1, 0.15) is 25.5 Å². The summed E-state index contributed by atoms with van der Waals surface area (Å²) >= 11 is 3.53. The maximum Gasteiger partial charge on any atom is 0.164 e. The Balaban J connectivity index is 2.55. The molecule has 1 aromatic carbocycles. The molecule has 4 heteroatoms. The first kappa shape index (κ1) is 12.2. The molecule has 1 heterocycles. The van der Waals surface area contributed by atoms with Crippen LogP contribution in [-0.4, -0.2) is 15.0 Å². The Morgan fingerprint density at radius 1 is 0.941 bits per heavy atom. The Bertz CT molecular complexity index is 504. The van der Waals surface area contributed by atoms with Crippen LogP contribution in [-0.2, 0) is 12.8 Å². The van der Waals surface area contributed by atoms with Crippen molar-refractivity contribution in [2.24, 2.45) is 0 Å². The highest BCUT2D eigenvalue weighted by molar-refractivity contribution is 9.10. The molecular weight excluding hydrogens is 278 g/mol. The molecule has 1 aromatic heterocycles. The van der Waals surface area contributed by atoms with Gasteiger partial charge in [-0.1, -0.05) is 48.0 Å². The fourth-order valence-electron chi connectivity index (χ4n) is 1.55. The Hall–Kier alpha value is -1.29. The molecule has 0 N–H and O–H groups in total. The van der Waals surface area contributed by atoms with Crippen molar-refractivity contribution in [3.05, 3.63) is 40.4 Å². The zero-order valence-corrected chi connectivity index (χ0v) is 11.5. The molecule has 0 unspecified atom stereocenters.